The number of hydrogen-bond acceptors (Lipinski definition) is 1. The average Bonchev–Trinajstić information content (AvgIpc) is 2.48. The Labute approximate surface area is 135 Å². The molecule has 1 aliphatic rings. The van der Waals surface area contributed by atoms with E-state index in [-0.39, 0.29) is 11.7 Å². The maximum Gasteiger partial charge on any atom is 0.167 e. The molecule has 3 heteroatoms. The van der Waals surface area contributed by atoms with Gasteiger partial charge in [-0.15, -0.1) is 0 Å². The highest BCUT2D eigenvalue weighted by Gasteiger charge is 2.26. The molecule has 2 aromatic carbocycles. The summed E-state index contributed by atoms with van der Waals surface area (Å²) in [6.07, 6.45) is 2.79. The topological polar surface area (TPSA) is 17.1 Å². The van der Waals surface area contributed by atoms with Gasteiger partial charge in [-0.25, -0.2) is 0 Å². The summed E-state index contributed by atoms with van der Waals surface area (Å²) in [6.45, 7) is 0. The lowest BCUT2D eigenvalue weighted by Gasteiger charge is -2.24. The van der Waals surface area contributed by atoms with Crippen molar-refractivity contribution >= 4 is 37.6 Å². The lowest BCUT2D eigenvalue weighted by molar-refractivity contribution is 0.0908. The molecule has 0 saturated carbocycles. The maximum absolute atomic E-state index is 12.7. The largest absolute Gasteiger partial charge is 0.294 e. The summed E-state index contributed by atoms with van der Waals surface area (Å²) in [4.78, 5) is 12.7. The zero-order valence-electron chi connectivity index (χ0n) is 10.9. The Morgan fingerprint density at radius 2 is 1.80 bits per heavy atom. The first-order chi connectivity index (χ1) is 9.65. The Morgan fingerprint density at radius 1 is 1.05 bits per heavy atom. The summed E-state index contributed by atoms with van der Waals surface area (Å²) in [5.41, 5.74) is 3.50. The molecule has 2 aromatic rings. The van der Waals surface area contributed by atoms with Gasteiger partial charge < -0.3 is 0 Å². The fraction of sp³-hybridized carbons (Fsp3) is 0.235. The Bertz CT molecular complexity index is 664. The fourth-order valence-electron chi connectivity index (χ4n) is 2.83. The number of benzene rings is 2. The van der Waals surface area contributed by atoms with Crippen LogP contribution in [0.4, 0.5) is 0 Å². The van der Waals surface area contributed by atoms with Crippen LogP contribution in [0.1, 0.15) is 27.9 Å². The van der Waals surface area contributed by atoms with E-state index < -0.39 is 0 Å². The third-order valence-corrected chi connectivity index (χ3v) is 5.10. The summed E-state index contributed by atoms with van der Waals surface area (Å²) >= 11 is 6.93. The Kier molecular flexibility index (Phi) is 4.08. The van der Waals surface area contributed by atoms with Gasteiger partial charge in [-0.1, -0.05) is 56.1 Å². The van der Waals surface area contributed by atoms with Crippen molar-refractivity contribution in [3.8, 4) is 0 Å². The Hall–Kier alpha value is -0.930. The van der Waals surface area contributed by atoms with Gasteiger partial charge >= 0.3 is 0 Å². The molecule has 1 atom stereocenters. The number of aryl methyl sites for hydroxylation is 1. The highest BCUT2D eigenvalue weighted by Crippen LogP contribution is 2.31. The first-order valence-electron chi connectivity index (χ1n) is 6.71. The van der Waals surface area contributed by atoms with Gasteiger partial charge in [0, 0.05) is 20.4 Å². The third-order valence-electron chi connectivity index (χ3n) is 3.91. The molecule has 102 valence electrons. The molecule has 3 rings (SSSR count). The standard InChI is InChI=1S/C17H14Br2O/c18-14-7-8-16(19)15(10-14)17(20)13-6-5-11-3-1-2-4-12(11)9-13/h1-4,7-8,10,13H,5-6,9H2. The van der Waals surface area contributed by atoms with Crippen LogP contribution in [0.2, 0.25) is 0 Å². The second-order valence-corrected chi connectivity index (χ2v) is 6.97. The van der Waals surface area contributed by atoms with E-state index in [1.807, 2.05) is 18.2 Å². The van der Waals surface area contributed by atoms with Gasteiger partial charge in [-0.2, -0.15) is 0 Å². The summed E-state index contributed by atoms with van der Waals surface area (Å²) in [5.74, 6) is 0.336. The normalized spacial score (nSPS) is 17.6. The molecular weight excluding hydrogens is 380 g/mol. The van der Waals surface area contributed by atoms with E-state index in [0.29, 0.717) is 0 Å². The fourth-order valence-corrected chi connectivity index (χ4v) is 3.63. The zero-order chi connectivity index (χ0) is 14.1. The number of fused-ring (bicyclic) bond motifs is 1. The van der Waals surface area contributed by atoms with Crippen molar-refractivity contribution in [2.45, 2.75) is 19.3 Å². The van der Waals surface area contributed by atoms with Crippen LogP contribution in [0.5, 0.6) is 0 Å². The number of rotatable bonds is 2. The van der Waals surface area contributed by atoms with Crippen LogP contribution in [-0.4, -0.2) is 5.78 Å². The van der Waals surface area contributed by atoms with E-state index in [1.165, 1.54) is 11.1 Å². The highest BCUT2D eigenvalue weighted by molar-refractivity contribution is 9.11. The Morgan fingerprint density at radius 3 is 2.60 bits per heavy atom. The molecular formula is C17H14Br2O. The van der Waals surface area contributed by atoms with Gasteiger partial charge in [0.25, 0.3) is 0 Å². The molecule has 0 saturated heterocycles. The second-order valence-electron chi connectivity index (χ2n) is 5.20. The summed E-state index contributed by atoms with van der Waals surface area (Å²) in [7, 11) is 0. The second kappa shape index (κ2) is 5.82. The summed E-state index contributed by atoms with van der Waals surface area (Å²) in [6, 6.07) is 14.2. The van der Waals surface area contributed by atoms with E-state index in [9.17, 15) is 4.79 Å². The molecule has 0 amide bonds. The van der Waals surface area contributed by atoms with Crippen molar-refractivity contribution in [3.05, 3.63) is 68.1 Å². The predicted molar refractivity (Wildman–Crippen MR) is 88.1 cm³/mol. The molecule has 20 heavy (non-hydrogen) atoms. The number of hydrogen-bond donors (Lipinski definition) is 0. The molecule has 0 aliphatic heterocycles. The molecule has 0 spiro atoms. The quantitative estimate of drug-likeness (QED) is 0.641. The van der Waals surface area contributed by atoms with Gasteiger partial charge in [0.2, 0.25) is 0 Å². The minimum atomic E-state index is 0.0931. The number of carbonyl (C=O) groups excluding carboxylic acids is 1. The van der Waals surface area contributed by atoms with Gasteiger partial charge in [-0.3, -0.25) is 4.79 Å². The van der Waals surface area contributed by atoms with Crippen LogP contribution >= 0.6 is 31.9 Å². The molecule has 1 unspecified atom stereocenters. The van der Waals surface area contributed by atoms with Crippen molar-refractivity contribution in [2.24, 2.45) is 5.92 Å². The van der Waals surface area contributed by atoms with Crippen LogP contribution in [0.25, 0.3) is 0 Å². The molecule has 0 heterocycles. The molecule has 0 fully saturated rings. The van der Waals surface area contributed by atoms with Crippen LogP contribution < -0.4 is 0 Å². The van der Waals surface area contributed by atoms with Crippen molar-refractivity contribution in [1.82, 2.24) is 0 Å². The highest BCUT2D eigenvalue weighted by atomic mass is 79.9. The maximum atomic E-state index is 12.7. The van der Waals surface area contributed by atoms with E-state index in [0.717, 1.165) is 33.8 Å². The minimum Gasteiger partial charge on any atom is -0.294 e. The summed E-state index contributed by atoms with van der Waals surface area (Å²) < 4.78 is 1.82. The number of ketones is 1. The lowest BCUT2D eigenvalue weighted by atomic mass is 9.80. The van der Waals surface area contributed by atoms with Crippen LogP contribution in [0.15, 0.2) is 51.4 Å². The van der Waals surface area contributed by atoms with Crippen LogP contribution in [0, 0.1) is 5.92 Å². The first-order valence-corrected chi connectivity index (χ1v) is 8.30. The zero-order valence-corrected chi connectivity index (χ0v) is 14.1. The van der Waals surface area contributed by atoms with E-state index in [1.54, 1.807) is 0 Å². The number of carbonyl (C=O) groups is 1. The van der Waals surface area contributed by atoms with Gasteiger partial charge in [0.05, 0.1) is 0 Å². The van der Waals surface area contributed by atoms with Crippen molar-refractivity contribution in [2.75, 3.05) is 0 Å². The third kappa shape index (κ3) is 2.75. The van der Waals surface area contributed by atoms with E-state index in [2.05, 4.69) is 56.1 Å². The lowest BCUT2D eigenvalue weighted by Crippen LogP contribution is -2.23. The van der Waals surface area contributed by atoms with Gasteiger partial charge in [0.1, 0.15) is 0 Å². The Balaban J connectivity index is 1.88. The van der Waals surface area contributed by atoms with Gasteiger partial charge in [-0.05, 0) is 48.6 Å². The molecule has 0 radical (unpaired) electrons. The van der Waals surface area contributed by atoms with Crippen LogP contribution in [-0.2, 0) is 12.8 Å². The van der Waals surface area contributed by atoms with Crippen molar-refractivity contribution < 1.29 is 4.79 Å². The predicted octanol–water partition coefficient (Wildman–Crippen LogP) is 5.20. The smallest absolute Gasteiger partial charge is 0.167 e. The molecule has 1 aliphatic carbocycles. The van der Waals surface area contributed by atoms with Crippen LogP contribution in [0.3, 0.4) is 0 Å². The SMILES string of the molecule is O=C(c1cc(Br)ccc1Br)C1CCc2ccccc2C1. The number of halogens is 2. The number of Topliss-reactive ketones (excluding diaryl/α,β-unsaturated/α-hetero) is 1. The molecule has 0 N–H and O–H groups in total. The minimum absolute atomic E-state index is 0.0931. The molecule has 1 nitrogen and oxygen atoms in total. The van der Waals surface area contributed by atoms with E-state index in [4.69, 9.17) is 0 Å². The van der Waals surface area contributed by atoms with Crippen molar-refractivity contribution in [1.29, 1.82) is 0 Å². The molecule has 0 bridgehead atoms. The molecule has 0 aromatic heterocycles. The van der Waals surface area contributed by atoms with Crippen molar-refractivity contribution in [3.63, 3.8) is 0 Å². The first kappa shape index (κ1) is 14.0. The van der Waals surface area contributed by atoms with E-state index >= 15 is 0 Å². The van der Waals surface area contributed by atoms with Gasteiger partial charge in [0.15, 0.2) is 5.78 Å². The average molecular weight is 394 g/mol. The monoisotopic (exact) mass is 392 g/mol. The summed E-state index contributed by atoms with van der Waals surface area (Å²) in [5, 5.41) is 0.